The fourth-order valence-electron chi connectivity index (χ4n) is 2.61. The van der Waals surface area contributed by atoms with E-state index in [1.54, 1.807) is 42.7 Å². The molecule has 9 heteroatoms. The molecular formula is C21H19F3N4O2. The van der Waals surface area contributed by atoms with Crippen molar-refractivity contribution in [1.29, 1.82) is 0 Å². The number of carbonyl (C=O) groups excluding carboxylic acids is 1. The maximum Gasteiger partial charge on any atom is 0.419 e. The van der Waals surface area contributed by atoms with Crippen molar-refractivity contribution in [1.82, 2.24) is 15.3 Å². The average Bonchev–Trinajstić information content (AvgIpc) is 2.75. The van der Waals surface area contributed by atoms with E-state index in [-0.39, 0.29) is 24.8 Å². The number of alkyl halides is 3. The number of halogens is 3. The highest BCUT2D eigenvalue weighted by atomic mass is 19.4. The highest BCUT2D eigenvalue weighted by Gasteiger charge is 2.33. The summed E-state index contributed by atoms with van der Waals surface area (Å²) in [6.45, 7) is 0.519. The molecule has 0 aliphatic rings. The van der Waals surface area contributed by atoms with Crippen LogP contribution in [0, 0.1) is 0 Å². The molecule has 0 unspecified atom stereocenters. The molecular weight excluding hydrogens is 397 g/mol. The third-order valence-electron chi connectivity index (χ3n) is 4.04. The minimum atomic E-state index is -4.50. The van der Waals surface area contributed by atoms with Gasteiger partial charge in [0.25, 0.3) is 5.91 Å². The summed E-state index contributed by atoms with van der Waals surface area (Å²) in [5.41, 5.74) is 0.425. The maximum atomic E-state index is 13.0. The van der Waals surface area contributed by atoms with Gasteiger partial charge in [-0.05, 0) is 36.4 Å². The highest BCUT2D eigenvalue weighted by molar-refractivity contribution is 5.94. The summed E-state index contributed by atoms with van der Waals surface area (Å²) in [5.74, 6) is -0.112. The van der Waals surface area contributed by atoms with Crippen LogP contribution in [0.3, 0.4) is 0 Å². The van der Waals surface area contributed by atoms with Crippen molar-refractivity contribution in [3.8, 4) is 5.75 Å². The molecule has 3 rings (SSSR count). The lowest BCUT2D eigenvalue weighted by Gasteiger charge is -2.13. The van der Waals surface area contributed by atoms with Gasteiger partial charge in [0.1, 0.15) is 18.2 Å². The predicted molar refractivity (Wildman–Crippen MR) is 105 cm³/mol. The van der Waals surface area contributed by atoms with Gasteiger partial charge in [-0.15, -0.1) is 0 Å². The molecule has 3 aromatic rings. The summed E-state index contributed by atoms with van der Waals surface area (Å²) in [6.07, 6.45) is 0.125. The Morgan fingerprint density at radius 2 is 1.87 bits per heavy atom. The Morgan fingerprint density at radius 3 is 2.63 bits per heavy atom. The van der Waals surface area contributed by atoms with Gasteiger partial charge in [0.2, 0.25) is 0 Å². The van der Waals surface area contributed by atoms with E-state index in [1.807, 2.05) is 6.07 Å². The number of nitrogens with zero attached hydrogens (tertiary/aromatic N) is 2. The van der Waals surface area contributed by atoms with E-state index in [0.717, 1.165) is 11.6 Å². The largest absolute Gasteiger partial charge is 0.489 e. The summed E-state index contributed by atoms with van der Waals surface area (Å²) in [4.78, 5) is 20.0. The summed E-state index contributed by atoms with van der Waals surface area (Å²) >= 11 is 0. The third-order valence-corrected chi connectivity index (χ3v) is 4.04. The van der Waals surface area contributed by atoms with Gasteiger partial charge in [0.05, 0.1) is 5.56 Å². The van der Waals surface area contributed by atoms with Crippen LogP contribution in [0.25, 0.3) is 0 Å². The second-order valence-electron chi connectivity index (χ2n) is 6.26. The maximum absolute atomic E-state index is 13.0. The number of aromatic nitrogens is 2. The molecule has 2 aromatic heterocycles. The molecule has 0 fully saturated rings. The van der Waals surface area contributed by atoms with E-state index in [1.165, 1.54) is 12.3 Å². The van der Waals surface area contributed by atoms with Crippen molar-refractivity contribution in [2.24, 2.45) is 0 Å². The van der Waals surface area contributed by atoms with E-state index in [2.05, 4.69) is 20.6 Å². The third kappa shape index (κ3) is 5.94. The molecule has 0 saturated carbocycles. The van der Waals surface area contributed by atoms with Gasteiger partial charge in [-0.2, -0.15) is 13.2 Å². The number of pyridine rings is 2. The number of benzene rings is 1. The highest BCUT2D eigenvalue weighted by Crippen LogP contribution is 2.33. The van der Waals surface area contributed by atoms with Gasteiger partial charge >= 0.3 is 6.18 Å². The Hall–Kier alpha value is -3.62. The lowest BCUT2D eigenvalue weighted by molar-refractivity contribution is -0.137. The van der Waals surface area contributed by atoms with Crippen LogP contribution in [0.4, 0.5) is 19.0 Å². The first-order chi connectivity index (χ1) is 14.4. The van der Waals surface area contributed by atoms with Crippen LogP contribution in [0.2, 0.25) is 0 Å². The Bertz CT molecular complexity index is 981. The number of hydrogen-bond donors (Lipinski definition) is 2. The van der Waals surface area contributed by atoms with Gasteiger partial charge in [-0.25, -0.2) is 4.98 Å². The van der Waals surface area contributed by atoms with E-state index < -0.39 is 11.7 Å². The Morgan fingerprint density at radius 1 is 1.03 bits per heavy atom. The lowest BCUT2D eigenvalue weighted by Crippen LogP contribution is -2.29. The van der Waals surface area contributed by atoms with Crippen molar-refractivity contribution < 1.29 is 22.7 Å². The molecule has 0 aliphatic heterocycles. The first-order valence-corrected chi connectivity index (χ1v) is 9.09. The van der Waals surface area contributed by atoms with E-state index in [9.17, 15) is 18.0 Å². The number of amides is 1. The van der Waals surface area contributed by atoms with E-state index in [4.69, 9.17) is 4.74 Å². The fourth-order valence-corrected chi connectivity index (χ4v) is 2.61. The van der Waals surface area contributed by atoms with Gasteiger partial charge in [0, 0.05) is 42.8 Å². The minimum Gasteiger partial charge on any atom is -0.489 e. The second-order valence-corrected chi connectivity index (χ2v) is 6.26. The number of anilines is 1. The second kappa shape index (κ2) is 9.73. The zero-order valence-corrected chi connectivity index (χ0v) is 15.8. The van der Waals surface area contributed by atoms with Crippen LogP contribution in [-0.4, -0.2) is 29.0 Å². The predicted octanol–water partition coefficient (Wildman–Crippen LogP) is 3.92. The van der Waals surface area contributed by atoms with Crippen LogP contribution in [0.1, 0.15) is 21.5 Å². The Labute approximate surface area is 171 Å². The quantitative estimate of drug-likeness (QED) is 0.545. The van der Waals surface area contributed by atoms with Gasteiger partial charge in [-0.1, -0.05) is 12.1 Å². The smallest absolute Gasteiger partial charge is 0.419 e. The lowest BCUT2D eigenvalue weighted by atomic mass is 10.2. The van der Waals surface area contributed by atoms with Crippen LogP contribution < -0.4 is 15.4 Å². The van der Waals surface area contributed by atoms with Crippen molar-refractivity contribution >= 4 is 11.7 Å². The molecule has 30 heavy (non-hydrogen) atoms. The molecule has 0 radical (unpaired) electrons. The SMILES string of the molecule is O=C(NCCNc1ncccc1C(F)(F)F)c1cccc(OCc2cccnc2)c1. The summed E-state index contributed by atoms with van der Waals surface area (Å²) in [7, 11) is 0. The van der Waals surface area contributed by atoms with Crippen molar-refractivity contribution in [2.45, 2.75) is 12.8 Å². The molecule has 0 spiro atoms. The summed E-state index contributed by atoms with van der Waals surface area (Å²) in [5, 5.41) is 5.25. The van der Waals surface area contributed by atoms with Crippen LogP contribution in [0.15, 0.2) is 67.1 Å². The first kappa shape index (κ1) is 21.1. The van der Waals surface area contributed by atoms with Crippen molar-refractivity contribution in [2.75, 3.05) is 18.4 Å². The molecule has 0 aliphatic carbocycles. The topological polar surface area (TPSA) is 76.1 Å². The molecule has 2 N–H and O–H groups in total. The Kier molecular flexibility index (Phi) is 6.84. The van der Waals surface area contributed by atoms with Gasteiger partial charge in [0.15, 0.2) is 0 Å². The van der Waals surface area contributed by atoms with E-state index >= 15 is 0 Å². The van der Waals surface area contributed by atoms with Gasteiger partial charge < -0.3 is 15.4 Å². The molecule has 1 aromatic carbocycles. The zero-order chi connectivity index (χ0) is 21.4. The molecule has 1 amide bonds. The zero-order valence-electron chi connectivity index (χ0n) is 15.8. The monoisotopic (exact) mass is 416 g/mol. The Balaban J connectivity index is 1.50. The molecule has 0 atom stereocenters. The molecule has 156 valence electrons. The van der Waals surface area contributed by atoms with E-state index in [0.29, 0.717) is 17.9 Å². The summed E-state index contributed by atoms with van der Waals surface area (Å²) in [6, 6.07) is 12.5. The average molecular weight is 416 g/mol. The number of carbonyl (C=O) groups is 1. The number of hydrogen-bond acceptors (Lipinski definition) is 5. The van der Waals surface area contributed by atoms with Crippen LogP contribution in [0.5, 0.6) is 5.75 Å². The summed E-state index contributed by atoms with van der Waals surface area (Å²) < 4.78 is 44.5. The standard InChI is InChI=1S/C21H19F3N4O2/c22-21(23,24)18-7-3-9-26-19(18)27-10-11-28-20(29)16-5-1-6-17(12-16)30-14-15-4-2-8-25-13-15/h1-9,12-13H,10-11,14H2,(H,26,27)(H,28,29). The minimum absolute atomic E-state index is 0.0863. The molecule has 0 saturated heterocycles. The first-order valence-electron chi connectivity index (χ1n) is 9.09. The van der Waals surface area contributed by atoms with Crippen LogP contribution >= 0.6 is 0 Å². The van der Waals surface area contributed by atoms with Crippen LogP contribution in [-0.2, 0) is 12.8 Å². The molecule has 0 bridgehead atoms. The molecule has 6 nitrogen and oxygen atoms in total. The van der Waals surface area contributed by atoms with Crippen molar-refractivity contribution in [3.05, 3.63) is 83.8 Å². The number of nitrogens with one attached hydrogen (secondary N) is 2. The number of ether oxygens (including phenoxy) is 1. The normalized spacial score (nSPS) is 11.0. The fraction of sp³-hybridized carbons (Fsp3) is 0.190. The molecule has 2 heterocycles. The van der Waals surface area contributed by atoms with Crippen molar-refractivity contribution in [3.63, 3.8) is 0 Å². The number of rotatable bonds is 8. The van der Waals surface area contributed by atoms with Gasteiger partial charge in [-0.3, -0.25) is 9.78 Å².